The average molecular weight is 282 g/mol. The first-order valence-corrected chi connectivity index (χ1v) is 6.64. The van der Waals surface area contributed by atoms with Gasteiger partial charge in [-0.1, -0.05) is 17.7 Å². The zero-order valence-electron chi connectivity index (χ0n) is 10.8. The van der Waals surface area contributed by atoms with Crippen LogP contribution < -0.4 is 4.74 Å². The van der Waals surface area contributed by atoms with E-state index in [-0.39, 0.29) is 12.5 Å². The van der Waals surface area contributed by atoms with Crippen LogP contribution in [0.25, 0.3) is 0 Å². The number of carbonyl (C=O) groups is 2. The highest BCUT2D eigenvalue weighted by atomic mass is 35.5. The van der Waals surface area contributed by atoms with E-state index in [1.807, 2.05) is 31.2 Å². The summed E-state index contributed by atoms with van der Waals surface area (Å²) < 4.78 is 5.42. The van der Waals surface area contributed by atoms with E-state index in [4.69, 9.17) is 16.3 Å². The molecule has 0 bridgehead atoms. The summed E-state index contributed by atoms with van der Waals surface area (Å²) in [7, 11) is 0. The number of likely N-dealkylation sites (tertiary alicyclic amines) is 1. The molecule has 19 heavy (non-hydrogen) atoms. The van der Waals surface area contributed by atoms with Crippen LogP contribution in [0.4, 0.5) is 0 Å². The van der Waals surface area contributed by atoms with E-state index in [2.05, 4.69) is 0 Å². The molecule has 0 aromatic heterocycles. The Balaban J connectivity index is 1.90. The van der Waals surface area contributed by atoms with E-state index in [9.17, 15) is 9.59 Å². The van der Waals surface area contributed by atoms with Crippen LogP contribution in [0.5, 0.6) is 5.75 Å². The van der Waals surface area contributed by atoms with E-state index >= 15 is 0 Å². The maximum absolute atomic E-state index is 12.0. The second kappa shape index (κ2) is 6.06. The predicted molar refractivity (Wildman–Crippen MR) is 72.3 cm³/mol. The van der Waals surface area contributed by atoms with Crippen molar-refractivity contribution < 1.29 is 14.3 Å². The zero-order valence-corrected chi connectivity index (χ0v) is 11.5. The van der Waals surface area contributed by atoms with E-state index in [0.29, 0.717) is 18.7 Å². The zero-order chi connectivity index (χ0) is 13.8. The normalized spacial score (nSPS) is 18.4. The number of hydrogen-bond donors (Lipinski definition) is 0. The molecule has 0 radical (unpaired) electrons. The van der Waals surface area contributed by atoms with Gasteiger partial charge < -0.3 is 9.64 Å². The Morgan fingerprint density at radius 3 is 2.68 bits per heavy atom. The SMILES string of the molecule is Cc1ccc(OCC(=O)N2CCCC2C(=O)Cl)cc1. The largest absolute Gasteiger partial charge is 0.484 e. The van der Waals surface area contributed by atoms with Crippen molar-refractivity contribution in [2.24, 2.45) is 0 Å². The fraction of sp³-hybridized carbons (Fsp3) is 0.429. The van der Waals surface area contributed by atoms with E-state index < -0.39 is 11.3 Å². The van der Waals surface area contributed by atoms with Gasteiger partial charge in [0.05, 0.1) is 0 Å². The fourth-order valence-electron chi connectivity index (χ4n) is 2.16. The highest BCUT2D eigenvalue weighted by molar-refractivity contribution is 6.64. The summed E-state index contributed by atoms with van der Waals surface area (Å²) in [6.07, 6.45) is 1.44. The number of rotatable bonds is 4. The summed E-state index contributed by atoms with van der Waals surface area (Å²) in [6.45, 7) is 2.48. The third-order valence-electron chi connectivity index (χ3n) is 3.22. The molecule has 1 aromatic carbocycles. The van der Waals surface area contributed by atoms with Crippen molar-refractivity contribution >= 4 is 22.8 Å². The summed E-state index contributed by atoms with van der Waals surface area (Å²) in [5.74, 6) is 0.448. The highest BCUT2D eigenvalue weighted by Gasteiger charge is 2.33. The smallest absolute Gasteiger partial charge is 0.261 e. The van der Waals surface area contributed by atoms with Crippen LogP contribution in [-0.4, -0.2) is 35.2 Å². The van der Waals surface area contributed by atoms with Gasteiger partial charge in [-0.15, -0.1) is 0 Å². The molecule has 0 N–H and O–H groups in total. The molecule has 4 nitrogen and oxygen atoms in total. The van der Waals surface area contributed by atoms with Crippen LogP contribution in [0.3, 0.4) is 0 Å². The molecule has 0 spiro atoms. The monoisotopic (exact) mass is 281 g/mol. The number of amides is 1. The second-order valence-electron chi connectivity index (χ2n) is 4.65. The van der Waals surface area contributed by atoms with Gasteiger partial charge in [0.25, 0.3) is 5.91 Å². The number of halogens is 1. The molecule has 0 saturated carbocycles. The van der Waals surface area contributed by atoms with Crippen molar-refractivity contribution in [2.45, 2.75) is 25.8 Å². The standard InChI is InChI=1S/C14H16ClNO3/c1-10-4-6-11(7-5-10)19-9-13(17)16-8-2-3-12(16)14(15)18/h4-7,12H,2-3,8-9H2,1H3. The Morgan fingerprint density at radius 2 is 2.05 bits per heavy atom. The molecular formula is C14H16ClNO3. The van der Waals surface area contributed by atoms with Crippen molar-refractivity contribution in [3.63, 3.8) is 0 Å². The maximum Gasteiger partial charge on any atom is 0.261 e. The number of benzene rings is 1. The highest BCUT2D eigenvalue weighted by Crippen LogP contribution is 2.20. The molecule has 1 unspecified atom stereocenters. The maximum atomic E-state index is 12.0. The quantitative estimate of drug-likeness (QED) is 0.794. The number of nitrogens with zero attached hydrogens (tertiary/aromatic N) is 1. The lowest BCUT2D eigenvalue weighted by molar-refractivity contribution is -0.137. The van der Waals surface area contributed by atoms with Gasteiger partial charge in [-0.3, -0.25) is 9.59 Å². The molecule has 1 aromatic rings. The number of hydrogen-bond acceptors (Lipinski definition) is 3. The summed E-state index contributed by atoms with van der Waals surface area (Å²) in [5.41, 5.74) is 1.13. The van der Waals surface area contributed by atoms with Gasteiger partial charge in [-0.05, 0) is 43.5 Å². The molecule has 1 amide bonds. The van der Waals surface area contributed by atoms with Gasteiger partial charge in [0.1, 0.15) is 11.8 Å². The minimum Gasteiger partial charge on any atom is -0.484 e. The van der Waals surface area contributed by atoms with Crippen molar-refractivity contribution in [3.05, 3.63) is 29.8 Å². The Morgan fingerprint density at radius 1 is 1.37 bits per heavy atom. The van der Waals surface area contributed by atoms with Crippen molar-refractivity contribution in [1.29, 1.82) is 0 Å². The van der Waals surface area contributed by atoms with Crippen LogP contribution in [0, 0.1) is 6.92 Å². The van der Waals surface area contributed by atoms with Gasteiger partial charge in [-0.2, -0.15) is 0 Å². The number of ether oxygens (including phenoxy) is 1. The Hall–Kier alpha value is -1.55. The van der Waals surface area contributed by atoms with Gasteiger partial charge in [0, 0.05) is 6.54 Å². The van der Waals surface area contributed by atoms with Gasteiger partial charge in [0.15, 0.2) is 6.61 Å². The summed E-state index contributed by atoms with van der Waals surface area (Å²) in [5, 5.41) is -0.471. The van der Waals surface area contributed by atoms with E-state index in [1.165, 1.54) is 4.90 Å². The van der Waals surface area contributed by atoms with Crippen LogP contribution in [0.15, 0.2) is 24.3 Å². The minimum absolute atomic E-state index is 0.0657. The molecule has 0 aliphatic carbocycles. The molecule has 2 rings (SSSR count). The first-order chi connectivity index (χ1) is 9.08. The van der Waals surface area contributed by atoms with Crippen LogP contribution >= 0.6 is 11.6 Å². The number of aryl methyl sites for hydroxylation is 1. The molecule has 102 valence electrons. The van der Waals surface area contributed by atoms with Crippen molar-refractivity contribution in [1.82, 2.24) is 4.90 Å². The lowest BCUT2D eigenvalue weighted by Gasteiger charge is -2.21. The first kappa shape index (κ1) is 13.9. The fourth-order valence-corrected chi connectivity index (χ4v) is 2.39. The summed E-state index contributed by atoms with van der Waals surface area (Å²) >= 11 is 5.48. The number of carbonyl (C=O) groups excluding carboxylic acids is 2. The van der Waals surface area contributed by atoms with E-state index in [0.717, 1.165) is 12.0 Å². The molecule has 1 saturated heterocycles. The van der Waals surface area contributed by atoms with Crippen LogP contribution in [0.2, 0.25) is 0 Å². The molecule has 1 heterocycles. The molecule has 1 atom stereocenters. The molecule has 5 heteroatoms. The van der Waals surface area contributed by atoms with Crippen LogP contribution in [0.1, 0.15) is 18.4 Å². The Labute approximate surface area is 117 Å². The predicted octanol–water partition coefficient (Wildman–Crippen LogP) is 2.13. The van der Waals surface area contributed by atoms with Gasteiger partial charge >= 0.3 is 0 Å². The van der Waals surface area contributed by atoms with E-state index in [1.54, 1.807) is 0 Å². The lowest BCUT2D eigenvalue weighted by Crippen LogP contribution is -2.41. The Bertz CT molecular complexity index is 472. The van der Waals surface area contributed by atoms with Gasteiger partial charge in [0.2, 0.25) is 5.24 Å². The second-order valence-corrected chi connectivity index (χ2v) is 5.02. The molecule has 1 aliphatic heterocycles. The Kier molecular flexibility index (Phi) is 4.43. The third-order valence-corrected chi connectivity index (χ3v) is 3.47. The lowest BCUT2D eigenvalue weighted by atomic mass is 10.2. The van der Waals surface area contributed by atoms with Crippen molar-refractivity contribution in [2.75, 3.05) is 13.2 Å². The molecule has 1 aliphatic rings. The van der Waals surface area contributed by atoms with Gasteiger partial charge in [-0.25, -0.2) is 0 Å². The summed E-state index contributed by atoms with van der Waals surface area (Å²) in [4.78, 5) is 24.7. The topological polar surface area (TPSA) is 46.6 Å². The first-order valence-electron chi connectivity index (χ1n) is 6.26. The van der Waals surface area contributed by atoms with Crippen molar-refractivity contribution in [3.8, 4) is 5.75 Å². The third kappa shape index (κ3) is 3.47. The minimum atomic E-state index is -0.490. The summed E-state index contributed by atoms with van der Waals surface area (Å²) in [6, 6.07) is 6.98. The molecule has 1 fully saturated rings. The average Bonchev–Trinajstić information content (AvgIpc) is 2.87. The van der Waals surface area contributed by atoms with Crippen LogP contribution in [-0.2, 0) is 9.59 Å². The molecular weight excluding hydrogens is 266 g/mol.